The Morgan fingerprint density at radius 2 is 1.50 bits per heavy atom. The third-order valence-corrected chi connectivity index (χ3v) is 6.16. The van der Waals surface area contributed by atoms with E-state index in [0.29, 0.717) is 49.9 Å². The molecule has 40 heavy (non-hydrogen) atoms. The van der Waals surface area contributed by atoms with Gasteiger partial charge in [0.25, 0.3) is 0 Å². The van der Waals surface area contributed by atoms with Gasteiger partial charge in [-0.05, 0) is 91.8 Å². The Bertz CT molecular complexity index is 1190. The lowest BCUT2D eigenvalue weighted by Crippen LogP contribution is -2.37. The predicted octanol–water partition coefficient (Wildman–Crippen LogP) is 7.88. The van der Waals surface area contributed by atoms with Crippen LogP contribution in [0.15, 0.2) is 78.9 Å². The zero-order valence-electron chi connectivity index (χ0n) is 24.4. The second kappa shape index (κ2) is 15.0. The average Bonchev–Trinajstić information content (AvgIpc) is 2.90. The molecule has 0 spiro atoms. The van der Waals surface area contributed by atoms with Crippen LogP contribution in [0.3, 0.4) is 0 Å². The number of urea groups is 1. The van der Waals surface area contributed by atoms with Gasteiger partial charge in [0.05, 0.1) is 6.61 Å². The number of nitrogens with one attached hydrogen (secondary N) is 2. The molecule has 3 aromatic rings. The number of rotatable bonds is 13. The first-order chi connectivity index (χ1) is 19.1. The highest BCUT2D eigenvalue weighted by atomic mass is 16.5. The summed E-state index contributed by atoms with van der Waals surface area (Å²) in [5.74, 6) is 2.53. The standard InChI is InChI=1S/C33H43N3O4/c1-6-39-28-17-13-26(14-18-28)35-32(38)36(22-10-21-34-31(37)23-25(2)24-33(3,4)5)27-15-19-30(20-16-27)40-29-11-8-7-9-12-29/h7-9,11-20,25H,6,10,21-24H2,1-5H3,(H,34,37)(H,35,38). The van der Waals surface area contributed by atoms with E-state index in [-0.39, 0.29) is 17.4 Å². The molecule has 0 aromatic heterocycles. The molecule has 0 aliphatic carbocycles. The molecule has 1 unspecified atom stereocenters. The lowest BCUT2D eigenvalue weighted by Gasteiger charge is -2.24. The maximum atomic E-state index is 13.4. The number of hydrogen-bond donors (Lipinski definition) is 2. The molecule has 0 aliphatic heterocycles. The second-order valence-corrected chi connectivity index (χ2v) is 11.2. The van der Waals surface area contributed by atoms with Crippen molar-refractivity contribution >= 4 is 23.3 Å². The fraction of sp³-hybridized carbons (Fsp3) is 0.394. The lowest BCUT2D eigenvalue weighted by molar-refractivity contribution is -0.122. The van der Waals surface area contributed by atoms with Crippen molar-refractivity contribution in [2.24, 2.45) is 11.3 Å². The molecule has 1 atom stereocenters. The largest absolute Gasteiger partial charge is 0.494 e. The summed E-state index contributed by atoms with van der Waals surface area (Å²) in [6.45, 7) is 12.1. The Labute approximate surface area is 238 Å². The number of amides is 3. The average molecular weight is 546 g/mol. The molecule has 0 radical (unpaired) electrons. The number of anilines is 2. The number of carbonyl (C=O) groups is 2. The number of ether oxygens (including phenoxy) is 2. The van der Waals surface area contributed by atoms with E-state index in [9.17, 15) is 9.59 Å². The number of para-hydroxylation sites is 1. The molecule has 3 rings (SSSR count). The minimum absolute atomic E-state index is 0.0459. The fourth-order valence-corrected chi connectivity index (χ4v) is 4.63. The van der Waals surface area contributed by atoms with Gasteiger partial charge in [0.15, 0.2) is 0 Å². The molecular weight excluding hydrogens is 502 g/mol. The van der Waals surface area contributed by atoms with Crippen LogP contribution in [0.25, 0.3) is 0 Å². The van der Waals surface area contributed by atoms with E-state index in [2.05, 4.69) is 38.3 Å². The summed E-state index contributed by atoms with van der Waals surface area (Å²) in [6.07, 6.45) is 2.10. The Kier molecular flexibility index (Phi) is 11.4. The third kappa shape index (κ3) is 10.6. The van der Waals surface area contributed by atoms with E-state index < -0.39 is 0 Å². The van der Waals surface area contributed by atoms with Crippen LogP contribution in [0, 0.1) is 11.3 Å². The minimum atomic E-state index is -0.258. The van der Waals surface area contributed by atoms with Crippen molar-refractivity contribution < 1.29 is 19.1 Å². The molecule has 214 valence electrons. The van der Waals surface area contributed by atoms with Crippen LogP contribution in [0.2, 0.25) is 0 Å². The van der Waals surface area contributed by atoms with Crippen LogP contribution in [-0.2, 0) is 4.79 Å². The lowest BCUT2D eigenvalue weighted by atomic mass is 9.84. The van der Waals surface area contributed by atoms with Gasteiger partial charge in [0.1, 0.15) is 17.2 Å². The normalized spacial score (nSPS) is 11.8. The highest BCUT2D eigenvalue weighted by Gasteiger charge is 2.19. The van der Waals surface area contributed by atoms with Crippen LogP contribution in [-0.4, -0.2) is 31.6 Å². The summed E-state index contributed by atoms with van der Waals surface area (Å²) >= 11 is 0. The number of hydrogen-bond acceptors (Lipinski definition) is 4. The van der Waals surface area contributed by atoms with E-state index in [0.717, 1.165) is 23.6 Å². The zero-order chi connectivity index (χ0) is 29.0. The molecule has 0 heterocycles. The van der Waals surface area contributed by atoms with E-state index in [1.165, 1.54) is 0 Å². The summed E-state index contributed by atoms with van der Waals surface area (Å²) < 4.78 is 11.4. The summed E-state index contributed by atoms with van der Waals surface area (Å²) in [6, 6.07) is 24.0. The van der Waals surface area contributed by atoms with Gasteiger partial charge in [-0.25, -0.2) is 4.79 Å². The molecule has 0 bridgehead atoms. The van der Waals surface area contributed by atoms with Crippen molar-refractivity contribution in [2.75, 3.05) is 29.9 Å². The molecule has 3 aromatic carbocycles. The van der Waals surface area contributed by atoms with Gasteiger partial charge in [0.2, 0.25) is 5.91 Å². The topological polar surface area (TPSA) is 79.9 Å². The Hall–Kier alpha value is -4.00. The van der Waals surface area contributed by atoms with Gasteiger partial charge in [-0.2, -0.15) is 0 Å². The van der Waals surface area contributed by atoms with Gasteiger partial charge in [-0.3, -0.25) is 9.69 Å². The van der Waals surface area contributed by atoms with E-state index in [1.54, 1.807) is 4.90 Å². The highest BCUT2D eigenvalue weighted by molar-refractivity contribution is 6.01. The number of benzene rings is 3. The van der Waals surface area contributed by atoms with Crippen molar-refractivity contribution in [3.63, 3.8) is 0 Å². The monoisotopic (exact) mass is 545 g/mol. The predicted molar refractivity (Wildman–Crippen MR) is 162 cm³/mol. The molecule has 7 nitrogen and oxygen atoms in total. The van der Waals surface area contributed by atoms with Crippen LogP contribution in [0.5, 0.6) is 17.2 Å². The maximum Gasteiger partial charge on any atom is 0.326 e. The smallest absolute Gasteiger partial charge is 0.326 e. The zero-order valence-corrected chi connectivity index (χ0v) is 24.4. The van der Waals surface area contributed by atoms with E-state index in [1.807, 2.05) is 85.8 Å². The van der Waals surface area contributed by atoms with Gasteiger partial charge in [0, 0.05) is 30.9 Å². The van der Waals surface area contributed by atoms with Crippen LogP contribution in [0.1, 0.15) is 53.9 Å². The first-order valence-corrected chi connectivity index (χ1v) is 14.0. The van der Waals surface area contributed by atoms with Gasteiger partial charge < -0.3 is 20.1 Å². The summed E-state index contributed by atoms with van der Waals surface area (Å²) in [4.78, 5) is 27.5. The first-order valence-electron chi connectivity index (χ1n) is 14.0. The molecule has 2 N–H and O–H groups in total. The molecule has 7 heteroatoms. The second-order valence-electron chi connectivity index (χ2n) is 11.2. The minimum Gasteiger partial charge on any atom is -0.494 e. The Balaban J connectivity index is 1.63. The maximum absolute atomic E-state index is 13.4. The molecule has 0 fully saturated rings. The van der Waals surface area contributed by atoms with Gasteiger partial charge >= 0.3 is 6.03 Å². The van der Waals surface area contributed by atoms with Gasteiger partial charge in [-0.15, -0.1) is 0 Å². The van der Waals surface area contributed by atoms with Crippen LogP contribution < -0.4 is 25.0 Å². The van der Waals surface area contributed by atoms with Gasteiger partial charge in [-0.1, -0.05) is 45.9 Å². The number of carbonyl (C=O) groups excluding carboxylic acids is 2. The van der Waals surface area contributed by atoms with Crippen molar-refractivity contribution in [2.45, 2.75) is 53.9 Å². The van der Waals surface area contributed by atoms with Crippen molar-refractivity contribution in [3.05, 3.63) is 78.9 Å². The van der Waals surface area contributed by atoms with Crippen LogP contribution >= 0.6 is 0 Å². The summed E-state index contributed by atoms with van der Waals surface area (Å²) in [5.41, 5.74) is 1.59. The quantitative estimate of drug-likeness (QED) is 0.214. The van der Waals surface area contributed by atoms with Crippen LogP contribution in [0.4, 0.5) is 16.2 Å². The molecule has 0 aliphatic rings. The Morgan fingerprint density at radius 3 is 2.12 bits per heavy atom. The van der Waals surface area contributed by atoms with Crippen molar-refractivity contribution in [1.82, 2.24) is 5.32 Å². The molecular formula is C33H43N3O4. The first kappa shape index (κ1) is 30.5. The van der Waals surface area contributed by atoms with Crippen molar-refractivity contribution in [1.29, 1.82) is 0 Å². The Morgan fingerprint density at radius 1 is 0.875 bits per heavy atom. The highest BCUT2D eigenvalue weighted by Crippen LogP contribution is 2.27. The summed E-state index contributed by atoms with van der Waals surface area (Å²) in [7, 11) is 0. The summed E-state index contributed by atoms with van der Waals surface area (Å²) in [5, 5.41) is 5.99. The third-order valence-electron chi connectivity index (χ3n) is 6.16. The van der Waals surface area contributed by atoms with Crippen molar-refractivity contribution in [3.8, 4) is 17.2 Å². The van der Waals surface area contributed by atoms with E-state index >= 15 is 0 Å². The molecule has 0 saturated carbocycles. The number of nitrogens with zero attached hydrogens (tertiary/aromatic N) is 1. The van der Waals surface area contributed by atoms with E-state index in [4.69, 9.17) is 9.47 Å². The SMILES string of the molecule is CCOc1ccc(NC(=O)N(CCCNC(=O)CC(C)CC(C)(C)C)c2ccc(Oc3ccccc3)cc2)cc1. The molecule has 0 saturated heterocycles. The fourth-order valence-electron chi connectivity index (χ4n) is 4.63. The molecule has 3 amide bonds.